The fraction of sp³-hybridized carbons (Fsp3) is 0.364. The SMILES string of the molecule is COC(=O)C[C@H]1CCc2ccc(OCc3ccc(-c4cc(OC)ccc4F)c(C4=CCCC4(C)C)c3)cc21. The summed E-state index contributed by atoms with van der Waals surface area (Å²) in [6.45, 7) is 4.88. The highest BCUT2D eigenvalue weighted by atomic mass is 19.1. The van der Waals surface area contributed by atoms with Crippen LogP contribution in [-0.2, 0) is 22.6 Å². The van der Waals surface area contributed by atoms with Crippen LogP contribution in [-0.4, -0.2) is 20.2 Å². The molecule has 0 radical (unpaired) electrons. The highest BCUT2D eigenvalue weighted by molar-refractivity contribution is 5.85. The summed E-state index contributed by atoms with van der Waals surface area (Å²) >= 11 is 0. The summed E-state index contributed by atoms with van der Waals surface area (Å²) in [5.74, 6) is 1.12. The molecular weight excluding hydrogens is 479 g/mol. The smallest absolute Gasteiger partial charge is 0.306 e. The monoisotopic (exact) mass is 514 g/mol. The van der Waals surface area contributed by atoms with Crippen LogP contribution in [0, 0.1) is 11.2 Å². The summed E-state index contributed by atoms with van der Waals surface area (Å²) in [6, 6.07) is 17.2. The number of esters is 1. The lowest BCUT2D eigenvalue weighted by atomic mass is 9.79. The van der Waals surface area contributed by atoms with Crippen LogP contribution in [0.3, 0.4) is 0 Å². The van der Waals surface area contributed by atoms with E-state index in [1.165, 1.54) is 29.9 Å². The molecule has 4 nitrogen and oxygen atoms in total. The van der Waals surface area contributed by atoms with Crippen molar-refractivity contribution >= 4 is 11.5 Å². The number of ether oxygens (including phenoxy) is 3. The molecule has 0 saturated carbocycles. The van der Waals surface area contributed by atoms with Gasteiger partial charge in [-0.15, -0.1) is 0 Å². The summed E-state index contributed by atoms with van der Waals surface area (Å²) in [4.78, 5) is 11.9. The van der Waals surface area contributed by atoms with Gasteiger partial charge in [0.2, 0.25) is 0 Å². The minimum Gasteiger partial charge on any atom is -0.497 e. The fourth-order valence-corrected chi connectivity index (χ4v) is 5.86. The Hall–Kier alpha value is -3.60. The Labute approximate surface area is 224 Å². The van der Waals surface area contributed by atoms with Gasteiger partial charge in [-0.25, -0.2) is 4.39 Å². The van der Waals surface area contributed by atoms with Crippen LogP contribution < -0.4 is 9.47 Å². The van der Waals surface area contributed by atoms with Crippen molar-refractivity contribution < 1.29 is 23.4 Å². The Balaban J connectivity index is 1.44. The van der Waals surface area contributed by atoms with Crippen molar-refractivity contribution in [3.63, 3.8) is 0 Å². The van der Waals surface area contributed by atoms with Crippen molar-refractivity contribution in [3.8, 4) is 22.6 Å². The molecule has 38 heavy (non-hydrogen) atoms. The first-order chi connectivity index (χ1) is 18.3. The van der Waals surface area contributed by atoms with E-state index in [0.717, 1.165) is 48.1 Å². The van der Waals surface area contributed by atoms with Crippen molar-refractivity contribution in [1.82, 2.24) is 0 Å². The number of fused-ring (bicyclic) bond motifs is 1. The molecule has 3 aromatic rings. The van der Waals surface area contributed by atoms with E-state index in [2.05, 4.69) is 38.1 Å². The van der Waals surface area contributed by atoms with Crippen LogP contribution in [0.2, 0.25) is 0 Å². The Kier molecular flexibility index (Phi) is 7.29. The van der Waals surface area contributed by atoms with Crippen molar-refractivity contribution in [2.45, 2.75) is 58.5 Å². The molecular formula is C33H35FO4. The molecule has 0 aromatic heterocycles. The van der Waals surface area contributed by atoms with Gasteiger partial charge in [0.15, 0.2) is 0 Å². The Morgan fingerprint density at radius 1 is 0.974 bits per heavy atom. The standard InChI is InChI=1S/C33H35FO4/c1-33(2)15-5-6-30(33)28-16-21(7-13-26(28)29-18-24(36-3)12-14-31(29)34)20-38-25-11-10-22-8-9-23(27(22)19-25)17-32(35)37-4/h6-7,10-14,16,18-19,23H,5,8-9,15,17,20H2,1-4H3/t23-/m1/s1. The maximum absolute atomic E-state index is 15.0. The Bertz CT molecular complexity index is 1390. The Morgan fingerprint density at radius 2 is 1.79 bits per heavy atom. The third-order valence-corrected chi connectivity index (χ3v) is 8.05. The normalized spacial score (nSPS) is 17.6. The van der Waals surface area contributed by atoms with Crippen LogP contribution in [0.1, 0.15) is 67.7 Å². The summed E-state index contributed by atoms with van der Waals surface area (Å²) in [6.07, 6.45) is 6.65. The molecule has 0 N–H and O–H groups in total. The molecule has 0 saturated heterocycles. The minimum atomic E-state index is -0.271. The van der Waals surface area contributed by atoms with Gasteiger partial charge in [-0.3, -0.25) is 4.79 Å². The van der Waals surface area contributed by atoms with E-state index >= 15 is 4.39 Å². The molecule has 2 aliphatic carbocycles. The molecule has 2 aliphatic rings. The van der Waals surface area contributed by atoms with Gasteiger partial charge in [0.1, 0.15) is 23.9 Å². The average molecular weight is 515 g/mol. The van der Waals surface area contributed by atoms with E-state index in [0.29, 0.717) is 24.3 Å². The second kappa shape index (κ2) is 10.6. The van der Waals surface area contributed by atoms with Crippen LogP contribution in [0.25, 0.3) is 16.7 Å². The van der Waals surface area contributed by atoms with Crippen LogP contribution in [0.15, 0.2) is 60.7 Å². The number of allylic oxidation sites excluding steroid dienone is 2. The van der Waals surface area contributed by atoms with Gasteiger partial charge in [0.25, 0.3) is 0 Å². The predicted molar refractivity (Wildman–Crippen MR) is 148 cm³/mol. The lowest BCUT2D eigenvalue weighted by Crippen LogP contribution is -2.10. The molecule has 0 bridgehead atoms. The van der Waals surface area contributed by atoms with Crippen LogP contribution >= 0.6 is 0 Å². The molecule has 0 heterocycles. The molecule has 5 rings (SSSR count). The minimum absolute atomic E-state index is 0.00178. The lowest BCUT2D eigenvalue weighted by Gasteiger charge is -2.25. The van der Waals surface area contributed by atoms with E-state index in [-0.39, 0.29) is 23.1 Å². The van der Waals surface area contributed by atoms with E-state index < -0.39 is 0 Å². The molecule has 3 aromatic carbocycles. The van der Waals surface area contributed by atoms with Crippen LogP contribution in [0.5, 0.6) is 11.5 Å². The van der Waals surface area contributed by atoms with Crippen molar-refractivity contribution in [1.29, 1.82) is 0 Å². The van der Waals surface area contributed by atoms with Crippen molar-refractivity contribution in [2.75, 3.05) is 14.2 Å². The largest absolute Gasteiger partial charge is 0.497 e. The third-order valence-electron chi connectivity index (χ3n) is 8.05. The summed E-state index contributed by atoms with van der Waals surface area (Å²) in [5, 5.41) is 0. The fourth-order valence-electron chi connectivity index (χ4n) is 5.86. The molecule has 0 fully saturated rings. The second-order valence-electron chi connectivity index (χ2n) is 10.9. The molecule has 198 valence electrons. The predicted octanol–water partition coefficient (Wildman–Crippen LogP) is 7.88. The zero-order valence-electron chi connectivity index (χ0n) is 22.6. The van der Waals surface area contributed by atoms with Crippen molar-refractivity contribution in [2.24, 2.45) is 5.41 Å². The first-order valence-electron chi connectivity index (χ1n) is 13.3. The van der Waals surface area contributed by atoms with E-state index in [9.17, 15) is 4.79 Å². The van der Waals surface area contributed by atoms with Gasteiger partial charge in [-0.05, 0) is 107 Å². The maximum Gasteiger partial charge on any atom is 0.306 e. The summed E-state index contributed by atoms with van der Waals surface area (Å²) in [5.41, 5.74) is 7.12. The van der Waals surface area contributed by atoms with E-state index in [4.69, 9.17) is 14.2 Å². The first kappa shape index (κ1) is 26.0. The molecule has 0 spiro atoms. The third kappa shape index (κ3) is 5.20. The first-order valence-corrected chi connectivity index (χ1v) is 13.3. The number of hydrogen-bond acceptors (Lipinski definition) is 4. The van der Waals surface area contributed by atoms with Gasteiger partial charge in [-0.1, -0.05) is 38.1 Å². The lowest BCUT2D eigenvalue weighted by molar-refractivity contribution is -0.141. The number of aryl methyl sites for hydroxylation is 1. The number of carbonyl (C=O) groups is 1. The van der Waals surface area contributed by atoms with E-state index in [1.54, 1.807) is 19.2 Å². The quantitative estimate of drug-likeness (QED) is 0.287. The number of methoxy groups -OCH3 is 2. The van der Waals surface area contributed by atoms with Gasteiger partial charge in [-0.2, -0.15) is 0 Å². The number of rotatable bonds is 8. The van der Waals surface area contributed by atoms with Gasteiger partial charge >= 0.3 is 5.97 Å². The number of benzene rings is 3. The zero-order chi connectivity index (χ0) is 26.9. The molecule has 0 amide bonds. The van der Waals surface area contributed by atoms with Crippen LogP contribution in [0.4, 0.5) is 4.39 Å². The average Bonchev–Trinajstić information content (AvgIpc) is 3.49. The van der Waals surface area contributed by atoms with Gasteiger partial charge < -0.3 is 14.2 Å². The second-order valence-corrected chi connectivity index (χ2v) is 10.9. The van der Waals surface area contributed by atoms with E-state index in [1.807, 2.05) is 18.2 Å². The molecule has 5 heteroatoms. The number of hydrogen-bond donors (Lipinski definition) is 0. The highest BCUT2D eigenvalue weighted by Crippen LogP contribution is 2.47. The number of halogens is 1. The van der Waals surface area contributed by atoms with Crippen molar-refractivity contribution in [3.05, 3.63) is 88.7 Å². The summed E-state index contributed by atoms with van der Waals surface area (Å²) < 4.78 is 31.6. The zero-order valence-corrected chi connectivity index (χ0v) is 22.6. The summed E-state index contributed by atoms with van der Waals surface area (Å²) in [7, 11) is 3.03. The Morgan fingerprint density at radius 3 is 2.53 bits per heavy atom. The molecule has 0 unspecified atom stereocenters. The number of carbonyl (C=O) groups excluding carboxylic acids is 1. The van der Waals surface area contributed by atoms with Gasteiger partial charge in [0, 0.05) is 5.56 Å². The highest BCUT2D eigenvalue weighted by Gasteiger charge is 2.30. The topological polar surface area (TPSA) is 44.8 Å². The maximum atomic E-state index is 15.0. The molecule has 1 atom stereocenters. The van der Waals surface area contributed by atoms with Gasteiger partial charge in [0.05, 0.1) is 20.6 Å². The molecule has 0 aliphatic heterocycles.